The van der Waals surface area contributed by atoms with Crippen LogP contribution >= 0.6 is 0 Å². The van der Waals surface area contributed by atoms with Crippen molar-refractivity contribution in [3.05, 3.63) is 63.1 Å². The molecule has 0 aliphatic heterocycles. The third-order valence-corrected chi connectivity index (χ3v) is 2.64. The van der Waals surface area contributed by atoms with Gasteiger partial charge in [0, 0.05) is 0 Å². The first kappa shape index (κ1) is 10.5. The van der Waals surface area contributed by atoms with Crippen LogP contribution in [-0.2, 0) is 6.54 Å². The molecule has 0 atom stereocenters. The van der Waals surface area contributed by atoms with Gasteiger partial charge in [-0.1, -0.05) is 30.3 Å². The van der Waals surface area contributed by atoms with Gasteiger partial charge in [0.15, 0.2) is 0 Å². The number of nitrogens with one attached hydrogen (secondary N) is 1. The molecule has 3 aromatic rings. The highest BCUT2D eigenvalue weighted by atomic mass is 16.4. The van der Waals surface area contributed by atoms with E-state index >= 15 is 0 Å². The monoisotopic (exact) mass is 243 g/mol. The molecule has 2 aromatic heterocycles. The molecule has 18 heavy (non-hydrogen) atoms. The van der Waals surface area contributed by atoms with Crippen LogP contribution in [0.25, 0.3) is 11.2 Å². The second-order valence-electron chi connectivity index (χ2n) is 3.84. The largest absolute Gasteiger partial charge is 0.421 e. The number of hydrogen-bond donors (Lipinski definition) is 1. The molecule has 0 spiro atoms. The van der Waals surface area contributed by atoms with Crippen LogP contribution in [0.3, 0.4) is 0 Å². The molecule has 1 aromatic carbocycles. The van der Waals surface area contributed by atoms with Crippen molar-refractivity contribution in [1.82, 2.24) is 14.5 Å². The van der Waals surface area contributed by atoms with Crippen LogP contribution in [0.5, 0.6) is 0 Å². The molecule has 0 amide bonds. The van der Waals surface area contributed by atoms with Gasteiger partial charge < -0.3 is 4.42 Å². The average molecular weight is 243 g/mol. The van der Waals surface area contributed by atoms with Crippen molar-refractivity contribution in [2.45, 2.75) is 6.54 Å². The smallest absolute Gasteiger partial charge is 0.390 e. The zero-order chi connectivity index (χ0) is 12.5. The fourth-order valence-corrected chi connectivity index (χ4v) is 1.80. The van der Waals surface area contributed by atoms with Crippen LogP contribution in [0.1, 0.15) is 5.56 Å². The highest BCUT2D eigenvalue weighted by Crippen LogP contribution is 2.09. The molecule has 0 radical (unpaired) electrons. The number of fused-ring (bicyclic) bond motifs is 1. The van der Waals surface area contributed by atoms with Crippen LogP contribution in [-0.4, -0.2) is 14.5 Å². The average Bonchev–Trinajstić information content (AvgIpc) is 2.66. The summed E-state index contributed by atoms with van der Waals surface area (Å²) >= 11 is 0. The Morgan fingerprint density at radius 2 is 2.00 bits per heavy atom. The molecule has 90 valence electrons. The van der Waals surface area contributed by atoms with Gasteiger partial charge in [-0.15, -0.1) is 0 Å². The van der Waals surface area contributed by atoms with Gasteiger partial charge in [0.05, 0.1) is 12.7 Å². The molecule has 6 nitrogen and oxygen atoms in total. The van der Waals surface area contributed by atoms with E-state index in [2.05, 4.69) is 9.97 Å². The van der Waals surface area contributed by atoms with Gasteiger partial charge in [-0.25, -0.2) is 9.59 Å². The van der Waals surface area contributed by atoms with Crippen LogP contribution in [0.2, 0.25) is 0 Å². The summed E-state index contributed by atoms with van der Waals surface area (Å²) in [4.78, 5) is 28.7. The van der Waals surface area contributed by atoms with Gasteiger partial charge in [-0.3, -0.25) is 9.55 Å². The van der Waals surface area contributed by atoms with Gasteiger partial charge in [-0.2, -0.15) is 4.98 Å². The van der Waals surface area contributed by atoms with Crippen molar-refractivity contribution in [1.29, 1.82) is 0 Å². The number of rotatable bonds is 2. The zero-order valence-electron chi connectivity index (χ0n) is 9.29. The van der Waals surface area contributed by atoms with E-state index in [1.165, 1.54) is 10.8 Å². The Hall–Kier alpha value is -2.63. The van der Waals surface area contributed by atoms with Crippen molar-refractivity contribution in [2.75, 3.05) is 0 Å². The number of benzene rings is 1. The van der Waals surface area contributed by atoms with Gasteiger partial charge in [-0.05, 0) is 5.56 Å². The molecule has 0 bridgehead atoms. The van der Waals surface area contributed by atoms with Gasteiger partial charge in [0.2, 0.25) is 5.71 Å². The van der Waals surface area contributed by atoms with E-state index in [0.717, 1.165) is 5.56 Å². The molecule has 0 aliphatic carbocycles. The van der Waals surface area contributed by atoms with Gasteiger partial charge in [0.1, 0.15) is 5.52 Å². The van der Waals surface area contributed by atoms with Crippen molar-refractivity contribution in [3.63, 3.8) is 0 Å². The quantitative estimate of drug-likeness (QED) is 0.719. The van der Waals surface area contributed by atoms with Crippen LogP contribution < -0.4 is 11.4 Å². The minimum absolute atomic E-state index is 0.149. The van der Waals surface area contributed by atoms with E-state index in [-0.39, 0.29) is 5.71 Å². The Bertz CT molecular complexity index is 799. The summed E-state index contributed by atoms with van der Waals surface area (Å²) in [7, 11) is 0. The second-order valence-corrected chi connectivity index (χ2v) is 3.84. The molecular weight excluding hydrogens is 234 g/mol. The summed E-state index contributed by atoms with van der Waals surface area (Å²) < 4.78 is 6.39. The lowest BCUT2D eigenvalue weighted by Gasteiger charge is -2.01. The molecular formula is C12H9N3O3. The predicted octanol–water partition coefficient (Wildman–Crippen LogP) is 0.726. The van der Waals surface area contributed by atoms with Crippen LogP contribution in [0.15, 0.2) is 50.5 Å². The van der Waals surface area contributed by atoms with Crippen LogP contribution in [0.4, 0.5) is 0 Å². The summed E-state index contributed by atoms with van der Waals surface area (Å²) in [5, 5.41) is 0. The molecule has 6 heteroatoms. The maximum Gasteiger partial charge on any atom is 0.421 e. The second kappa shape index (κ2) is 3.99. The van der Waals surface area contributed by atoms with Crippen molar-refractivity contribution >= 4 is 11.2 Å². The van der Waals surface area contributed by atoms with E-state index in [4.69, 9.17) is 4.42 Å². The first-order valence-electron chi connectivity index (χ1n) is 5.36. The summed E-state index contributed by atoms with van der Waals surface area (Å²) in [6, 6.07) is 9.50. The van der Waals surface area contributed by atoms with E-state index in [1.54, 1.807) is 0 Å². The lowest BCUT2D eigenvalue weighted by Crippen LogP contribution is -2.15. The Balaban J connectivity index is 2.15. The number of hydrogen-bond acceptors (Lipinski definition) is 4. The first-order valence-corrected chi connectivity index (χ1v) is 5.36. The van der Waals surface area contributed by atoms with Crippen molar-refractivity contribution in [2.24, 2.45) is 0 Å². The van der Waals surface area contributed by atoms with Crippen molar-refractivity contribution in [3.8, 4) is 0 Å². The molecule has 1 N–H and O–H groups in total. The fraction of sp³-hybridized carbons (Fsp3) is 0.0833. The summed E-state index contributed by atoms with van der Waals surface area (Å²) in [5.41, 5.74) is 1.05. The van der Waals surface area contributed by atoms with E-state index < -0.39 is 11.4 Å². The number of oxazole rings is 1. The molecule has 0 aliphatic rings. The third kappa shape index (κ3) is 1.73. The minimum atomic E-state index is -0.539. The normalized spacial score (nSPS) is 10.9. The number of aromatic nitrogens is 3. The van der Waals surface area contributed by atoms with E-state index in [1.807, 2.05) is 30.3 Å². The van der Waals surface area contributed by atoms with Crippen LogP contribution in [0, 0.1) is 0 Å². The molecule has 0 unspecified atom stereocenters. The molecule has 0 fully saturated rings. The highest BCUT2D eigenvalue weighted by molar-refractivity contribution is 5.66. The Kier molecular flexibility index (Phi) is 2.33. The van der Waals surface area contributed by atoms with E-state index in [9.17, 15) is 9.59 Å². The topological polar surface area (TPSA) is 80.9 Å². The first-order chi connectivity index (χ1) is 8.74. The third-order valence-electron chi connectivity index (χ3n) is 2.64. The predicted molar refractivity (Wildman–Crippen MR) is 64.4 cm³/mol. The fourth-order valence-electron chi connectivity index (χ4n) is 1.80. The SMILES string of the molecule is O=c1ncc2c([nH]1)oc(=O)n2Cc1ccccc1. The van der Waals surface area contributed by atoms with Gasteiger partial charge in [0.25, 0.3) is 0 Å². The number of nitrogens with zero attached hydrogens (tertiary/aromatic N) is 2. The zero-order valence-corrected chi connectivity index (χ0v) is 9.29. The minimum Gasteiger partial charge on any atom is -0.390 e. The number of H-pyrrole nitrogens is 1. The standard InChI is InChI=1S/C12H9N3O3/c16-11-13-6-9-10(14-11)18-12(17)15(9)7-8-4-2-1-3-5-8/h1-6H,7H2,(H,13,14,16). The maximum absolute atomic E-state index is 11.7. The van der Waals surface area contributed by atoms with E-state index in [0.29, 0.717) is 12.1 Å². The molecule has 0 saturated carbocycles. The summed E-state index contributed by atoms with van der Waals surface area (Å²) in [6.45, 7) is 0.375. The summed E-state index contributed by atoms with van der Waals surface area (Å²) in [5.74, 6) is -0.516. The maximum atomic E-state index is 11.7. The number of aromatic amines is 1. The molecule has 2 heterocycles. The lowest BCUT2D eigenvalue weighted by atomic mass is 10.2. The van der Waals surface area contributed by atoms with Crippen molar-refractivity contribution < 1.29 is 4.42 Å². The molecule has 0 saturated heterocycles. The highest BCUT2D eigenvalue weighted by Gasteiger charge is 2.10. The Morgan fingerprint density at radius 3 is 2.78 bits per heavy atom. The summed E-state index contributed by atoms with van der Waals surface area (Å²) in [6.07, 6.45) is 1.34. The Labute approximate surface area is 101 Å². The lowest BCUT2D eigenvalue weighted by molar-refractivity contribution is 0.510. The van der Waals surface area contributed by atoms with Gasteiger partial charge >= 0.3 is 11.4 Å². The Morgan fingerprint density at radius 1 is 1.22 bits per heavy atom. The molecule has 3 rings (SSSR count).